The Bertz CT molecular complexity index is 99.3. The van der Waals surface area contributed by atoms with Gasteiger partial charge in [-0.15, -0.1) is 0 Å². The van der Waals surface area contributed by atoms with Crippen molar-refractivity contribution in [1.82, 2.24) is -2.72 Å². The number of nitrogens with zero attached hydrogens (tertiary/aromatic N) is 1. The van der Waals surface area contributed by atoms with Gasteiger partial charge in [0.1, 0.15) is 0 Å². The summed E-state index contributed by atoms with van der Waals surface area (Å²) in [5.74, 6) is 0.386. The normalized spacial score (nSPS) is 14.0. The Balaban J connectivity index is 3.64. The Labute approximate surface area is 130 Å². The summed E-state index contributed by atoms with van der Waals surface area (Å²) >= 11 is 2.62. The third-order valence-corrected chi connectivity index (χ3v) is 26.5. The van der Waals surface area contributed by atoms with Crippen molar-refractivity contribution in [3.63, 3.8) is 0 Å². The molecule has 5 heteroatoms. The molecule has 0 radical (unpaired) electrons. The van der Waals surface area contributed by atoms with E-state index in [1.165, 1.54) is 0 Å². The van der Waals surface area contributed by atoms with Gasteiger partial charge in [0.25, 0.3) is 0 Å². The first kappa shape index (κ1) is 11.6. The van der Waals surface area contributed by atoms with Gasteiger partial charge in [-0.2, -0.15) is 0 Å². The molecule has 2 nitrogen and oxygen atoms in total. The number of hydrogen-bond donors (Lipinski definition) is 0. The molecular formula is C3H5NORaRbRe. The van der Waals surface area contributed by atoms with E-state index in [4.69, 9.17) is 0 Å². The summed E-state index contributed by atoms with van der Waals surface area (Å²) in [6.07, 6.45) is 0. The molecule has 0 heterocycles. The molecule has 0 saturated heterocycles. The minimum atomic E-state index is 0.376. The van der Waals surface area contributed by atoms with Crippen molar-refractivity contribution < 1.29 is 67.0 Å². The zero-order valence-electron chi connectivity index (χ0n) is 5.31. The molecule has 0 saturated carbocycles. The van der Waals surface area contributed by atoms with Gasteiger partial charge in [-0.1, -0.05) is 0 Å². The number of hydrogen-bond acceptors (Lipinski definition) is 2. The first-order valence-electron chi connectivity index (χ1n) is 2.44. The second kappa shape index (κ2) is 6.12. The molecule has 8 heavy (non-hydrogen) atoms. The van der Waals surface area contributed by atoms with Gasteiger partial charge in [-0.25, -0.2) is 0 Å². The zero-order valence-corrected chi connectivity index (χ0v) is 21.2. The Hall–Kier alpha value is 3.57. The Morgan fingerprint density at radius 2 is 2.38 bits per heavy atom. The topological polar surface area (TPSA) is 20.3 Å². The molecule has 38 valence electrons. The van der Waals surface area contributed by atoms with Gasteiger partial charge in [-0.3, -0.25) is 0 Å². The number of ketones is 1. The van der Waals surface area contributed by atoms with Gasteiger partial charge < -0.3 is 0 Å². The summed E-state index contributed by atoms with van der Waals surface area (Å²) in [5.41, 5.74) is 0. The van der Waals surface area contributed by atoms with Crippen LogP contribution in [0.3, 0.4) is 0 Å². The molecule has 0 aliphatic rings. The molecule has 0 aromatic carbocycles. The number of carbonyl (C=O) groups is 1. The molecular weight excluding hydrogens is 564 g/mol. The van der Waals surface area contributed by atoms with Gasteiger partial charge >= 0.3 is 134 Å². The van der Waals surface area contributed by atoms with Gasteiger partial charge in [0, 0.05) is 0 Å². The first-order chi connectivity index (χ1) is 3.55. The van der Waals surface area contributed by atoms with Crippen LogP contribution in [0.1, 0.15) is 6.92 Å². The zero-order chi connectivity index (χ0) is 6.73. The molecule has 0 aliphatic heterocycles. The minimum absolute atomic E-state index is 0.376. The fourth-order valence-electron chi connectivity index (χ4n) is 0.251. The summed E-state index contributed by atoms with van der Waals surface area (Å²) < 4.78 is 2.67. The van der Waals surface area contributed by atoms with Gasteiger partial charge in [0.05, 0.1) is 0 Å². The molecule has 0 N–H and O–H groups in total. The van der Waals surface area contributed by atoms with Crippen LogP contribution < -0.4 is 0 Å². The van der Waals surface area contributed by atoms with Crippen molar-refractivity contribution in [3.8, 4) is 0 Å². The average Bonchev–Trinajstić information content (AvgIpc) is 1.64. The van der Waals surface area contributed by atoms with E-state index in [0.717, 1.165) is 0 Å². The van der Waals surface area contributed by atoms with Crippen molar-refractivity contribution >= 4 is 61.8 Å². The van der Waals surface area contributed by atoms with E-state index in [-0.39, 0.29) is 0 Å². The summed E-state index contributed by atoms with van der Waals surface area (Å²) in [6, 6.07) is 0. The van der Waals surface area contributed by atoms with Crippen LogP contribution in [-0.4, -0.2) is 60.2 Å². The van der Waals surface area contributed by atoms with Gasteiger partial charge in [-0.05, 0) is 0 Å². The molecule has 0 spiro atoms. The summed E-state index contributed by atoms with van der Waals surface area (Å²) in [4.78, 5) is 10.6. The van der Waals surface area contributed by atoms with E-state index in [9.17, 15) is 4.79 Å². The third-order valence-electron chi connectivity index (χ3n) is 1.12. The van der Waals surface area contributed by atoms with Crippen LogP contribution in [-0.2, 0) is 24.2 Å². The quantitative estimate of drug-likeness (QED) is 0.428. The van der Waals surface area contributed by atoms with Crippen molar-refractivity contribution in [3.05, 3.63) is 0 Å². The van der Waals surface area contributed by atoms with E-state index in [1.807, 2.05) is 0 Å². The summed E-state index contributed by atoms with van der Waals surface area (Å²) in [5, 5.41) is 0. The molecule has 0 rings (SSSR count). The molecule has 0 fully saturated rings. The van der Waals surface area contributed by atoms with Crippen LogP contribution in [0.4, 0.5) is 0 Å². The predicted octanol–water partition coefficient (Wildman–Crippen LogP) is -0.970. The van der Waals surface area contributed by atoms with E-state index >= 15 is 0 Å². The number of carbonyl (C=O) groups excluding carboxylic acids is 1. The molecule has 0 aliphatic carbocycles. The second-order valence-corrected chi connectivity index (χ2v) is 16.3. The molecule has 0 amide bonds. The van der Waals surface area contributed by atoms with Crippen LogP contribution in [0.15, 0.2) is 0 Å². The average molecular weight is 569 g/mol. The van der Waals surface area contributed by atoms with Crippen LogP contribution in [0.25, 0.3) is 0 Å². The monoisotopic (exact) mass is 569 g/mol. The standard InChI is InChI=1S/C3H4NO.Ra.Rb.Re.H/c1-3(5)2-4;;;;/h2H,1H3;;;;. The van der Waals surface area contributed by atoms with Crippen molar-refractivity contribution in [2.45, 2.75) is 8.01 Å². The van der Waals surface area contributed by atoms with Crippen molar-refractivity contribution in [1.29, 1.82) is 0 Å². The Morgan fingerprint density at radius 1 is 2.00 bits per heavy atom. The molecule has 0 aromatic rings. The van der Waals surface area contributed by atoms with E-state index in [1.54, 1.807) is 26.4 Å². The van der Waals surface area contributed by atoms with Crippen LogP contribution in [0.2, 0.25) is 0 Å². The number of Topliss-reactive ketones (excluding diaryl/α,β-unsaturated/α-hetero) is 1. The van der Waals surface area contributed by atoms with Crippen LogP contribution in [0, 0.1) is 42.8 Å². The summed E-state index contributed by atoms with van der Waals surface area (Å²) in [7, 11) is 0. The maximum absolute atomic E-state index is 10.6. The van der Waals surface area contributed by atoms with Crippen LogP contribution >= 0.6 is 0 Å². The van der Waals surface area contributed by atoms with Gasteiger partial charge in [0.2, 0.25) is 0 Å². The van der Waals surface area contributed by atoms with E-state index < -0.39 is 0 Å². The van der Waals surface area contributed by atoms with Crippen LogP contribution in [0.5, 0.6) is 0 Å². The Kier molecular flexibility index (Phi) is 8.85. The third kappa shape index (κ3) is 5.25. The molecule has 0 aromatic heterocycles. The predicted molar refractivity (Wildman–Crippen MR) is 23.5 cm³/mol. The fourth-order valence-corrected chi connectivity index (χ4v) is 1.64. The Morgan fingerprint density at radius 3 is 2.38 bits per heavy atom. The summed E-state index contributed by atoms with van der Waals surface area (Å²) in [6.45, 7) is 1.70. The maximum atomic E-state index is 10.6. The van der Waals surface area contributed by atoms with Crippen molar-refractivity contribution in [2.75, 3.05) is 0 Å². The first-order valence-corrected chi connectivity index (χ1v) is 10.6. The van der Waals surface area contributed by atoms with Crippen molar-refractivity contribution in [2.24, 2.45) is 0 Å². The molecule has 0 bridgehead atoms. The van der Waals surface area contributed by atoms with Gasteiger partial charge in [0.15, 0.2) is 0 Å². The SMILES string of the molecule is CC(=O)[CH]([RaH])[N]([Rb])[Re]. The fraction of sp³-hybridized carbons (Fsp3) is 0.667. The van der Waals surface area contributed by atoms with E-state index in [0.29, 0.717) is 106 Å². The second-order valence-electron chi connectivity index (χ2n) is 1.81. The molecule has 1 unspecified atom stereocenters. The number of rotatable bonds is 2. The van der Waals surface area contributed by atoms with E-state index in [2.05, 4.69) is -2.72 Å². The molecule has 1 atom stereocenters.